The minimum absolute atomic E-state index is 0.0824. The molecule has 1 N–H and O–H groups in total. The van der Waals surface area contributed by atoms with E-state index in [-0.39, 0.29) is 34.3 Å². The van der Waals surface area contributed by atoms with Crippen LogP contribution in [-0.2, 0) is 14.8 Å². The smallest absolute Gasteiger partial charge is 0.262 e. The summed E-state index contributed by atoms with van der Waals surface area (Å²) in [4.78, 5) is 24.8. The molecule has 0 saturated heterocycles. The van der Waals surface area contributed by atoms with Crippen LogP contribution < -0.4 is 10.1 Å². The van der Waals surface area contributed by atoms with Crippen LogP contribution in [0.2, 0.25) is 0 Å². The maximum Gasteiger partial charge on any atom is 0.262 e. The zero-order valence-electron chi connectivity index (χ0n) is 18.6. The average molecular weight is 463 g/mol. The summed E-state index contributed by atoms with van der Waals surface area (Å²) in [7, 11) is -3.68. The number of Topliss-reactive ketones (excluding diaryl/α,β-unsaturated/α-hetero) is 1. The molecular weight excluding hydrogens is 435 g/mol. The zero-order valence-corrected chi connectivity index (χ0v) is 19.4. The first-order valence-electron chi connectivity index (χ1n) is 10.5. The van der Waals surface area contributed by atoms with Gasteiger partial charge in [-0.1, -0.05) is 26.8 Å². The van der Waals surface area contributed by atoms with Gasteiger partial charge in [0.2, 0.25) is 10.0 Å². The molecule has 9 heteroatoms. The molecule has 2 aromatic carbocycles. The number of hydrogen-bond acceptors (Lipinski definition) is 5. The molecule has 1 aliphatic carbocycles. The van der Waals surface area contributed by atoms with Crippen molar-refractivity contribution >= 4 is 27.4 Å². The highest BCUT2D eigenvalue weighted by molar-refractivity contribution is 7.89. The lowest BCUT2D eigenvalue weighted by molar-refractivity contribution is -0.118. The minimum Gasteiger partial charge on any atom is -0.483 e. The van der Waals surface area contributed by atoms with Crippen molar-refractivity contribution in [3.05, 3.63) is 52.8 Å². The van der Waals surface area contributed by atoms with E-state index in [9.17, 15) is 22.4 Å². The molecule has 0 heterocycles. The van der Waals surface area contributed by atoms with Crippen LogP contribution in [-0.4, -0.2) is 44.1 Å². The van der Waals surface area contributed by atoms with Crippen LogP contribution in [0, 0.1) is 12.7 Å². The van der Waals surface area contributed by atoms with Gasteiger partial charge in [0.05, 0.1) is 10.5 Å². The van der Waals surface area contributed by atoms with Crippen molar-refractivity contribution in [1.29, 1.82) is 0 Å². The van der Waals surface area contributed by atoms with E-state index >= 15 is 0 Å². The number of ether oxygens (including phenoxy) is 1. The highest BCUT2D eigenvalue weighted by Gasteiger charge is 2.32. The van der Waals surface area contributed by atoms with Crippen LogP contribution in [0.5, 0.6) is 5.75 Å². The number of nitrogens with zero attached hydrogens (tertiary/aromatic N) is 1. The van der Waals surface area contributed by atoms with Gasteiger partial charge in [0.25, 0.3) is 5.91 Å². The molecule has 0 saturated carbocycles. The molecule has 1 amide bonds. The summed E-state index contributed by atoms with van der Waals surface area (Å²) in [6.45, 7) is 7.29. The third kappa shape index (κ3) is 4.54. The summed E-state index contributed by atoms with van der Waals surface area (Å²) in [6.07, 6.45) is 0.200. The minimum atomic E-state index is -3.68. The topological polar surface area (TPSA) is 92.8 Å². The molecule has 0 unspecified atom stereocenters. The van der Waals surface area contributed by atoms with Crippen molar-refractivity contribution in [3.8, 4) is 5.75 Å². The van der Waals surface area contributed by atoms with Crippen molar-refractivity contribution in [2.45, 2.75) is 44.9 Å². The van der Waals surface area contributed by atoms with Gasteiger partial charge in [0.15, 0.2) is 12.4 Å². The number of fused-ring (bicyclic) bond motifs is 1. The van der Waals surface area contributed by atoms with Gasteiger partial charge in [0, 0.05) is 30.8 Å². The molecule has 0 aromatic heterocycles. The monoisotopic (exact) mass is 462 g/mol. The number of benzene rings is 2. The number of rotatable bonds is 8. The Morgan fingerprint density at radius 3 is 2.56 bits per heavy atom. The average Bonchev–Trinajstić information content (AvgIpc) is 3.05. The zero-order chi connectivity index (χ0) is 23.6. The molecule has 32 heavy (non-hydrogen) atoms. The molecule has 1 atom stereocenters. The van der Waals surface area contributed by atoms with Gasteiger partial charge in [0.1, 0.15) is 11.6 Å². The standard InChI is InChI=1S/C23H27FN2O5S/c1-5-26(6-2)32(29,30)16-8-7-14(3)18(12-16)25-21(28)13-31-20-10-9-17(24)22-15(4)11-19(27)23(20)22/h7-10,12,15H,5-6,11,13H2,1-4H3,(H,25,28)/t15-/m0/s1. The molecule has 0 fully saturated rings. The van der Waals surface area contributed by atoms with Crippen LogP contribution in [0.3, 0.4) is 0 Å². The van der Waals surface area contributed by atoms with Gasteiger partial charge < -0.3 is 10.1 Å². The Bertz CT molecular complexity index is 1160. The van der Waals surface area contributed by atoms with Crippen molar-refractivity contribution in [2.75, 3.05) is 25.0 Å². The Labute approximate surface area is 187 Å². The second-order valence-electron chi connectivity index (χ2n) is 7.77. The highest BCUT2D eigenvalue weighted by atomic mass is 32.2. The summed E-state index contributed by atoms with van der Waals surface area (Å²) in [5.74, 6) is -1.28. The largest absolute Gasteiger partial charge is 0.483 e. The summed E-state index contributed by atoms with van der Waals surface area (Å²) in [5.41, 5.74) is 1.54. The number of aryl methyl sites for hydroxylation is 1. The summed E-state index contributed by atoms with van der Waals surface area (Å²) in [6, 6.07) is 7.12. The SMILES string of the molecule is CCN(CC)S(=O)(=O)c1ccc(C)c(NC(=O)COc2ccc(F)c3c2C(=O)C[C@@H]3C)c1. The molecule has 0 aliphatic heterocycles. The van der Waals surface area contributed by atoms with E-state index in [4.69, 9.17) is 4.74 Å². The number of carbonyl (C=O) groups is 2. The van der Waals surface area contributed by atoms with E-state index in [1.165, 1.54) is 28.6 Å². The van der Waals surface area contributed by atoms with E-state index in [1.807, 2.05) is 0 Å². The number of sulfonamides is 1. The summed E-state index contributed by atoms with van der Waals surface area (Å²) < 4.78 is 46.5. The van der Waals surface area contributed by atoms with Crippen LogP contribution in [0.1, 0.15) is 54.6 Å². The first-order chi connectivity index (χ1) is 15.1. The van der Waals surface area contributed by atoms with Gasteiger partial charge in [-0.05, 0) is 42.7 Å². The van der Waals surface area contributed by atoms with Gasteiger partial charge in [-0.25, -0.2) is 12.8 Å². The maximum atomic E-state index is 14.1. The van der Waals surface area contributed by atoms with Crippen LogP contribution in [0.15, 0.2) is 35.2 Å². The van der Waals surface area contributed by atoms with Gasteiger partial charge >= 0.3 is 0 Å². The number of carbonyl (C=O) groups excluding carboxylic acids is 2. The highest BCUT2D eigenvalue weighted by Crippen LogP contribution is 2.39. The first-order valence-corrected chi connectivity index (χ1v) is 11.9. The lowest BCUT2D eigenvalue weighted by Crippen LogP contribution is -2.30. The third-order valence-corrected chi connectivity index (χ3v) is 7.65. The van der Waals surface area contributed by atoms with Crippen LogP contribution in [0.25, 0.3) is 0 Å². The first kappa shape index (κ1) is 23.9. The van der Waals surface area contributed by atoms with Gasteiger partial charge in [-0.15, -0.1) is 0 Å². The number of halogens is 1. The number of hydrogen-bond donors (Lipinski definition) is 1. The predicted molar refractivity (Wildman–Crippen MR) is 119 cm³/mol. The number of amides is 1. The Morgan fingerprint density at radius 2 is 1.91 bits per heavy atom. The lowest BCUT2D eigenvalue weighted by atomic mass is 10.0. The lowest BCUT2D eigenvalue weighted by Gasteiger charge is -2.19. The quantitative estimate of drug-likeness (QED) is 0.643. The fourth-order valence-electron chi connectivity index (χ4n) is 3.88. The summed E-state index contributed by atoms with van der Waals surface area (Å²) in [5, 5.41) is 2.66. The maximum absolute atomic E-state index is 14.1. The van der Waals surface area contributed by atoms with E-state index in [2.05, 4.69) is 5.32 Å². The number of anilines is 1. The van der Waals surface area contributed by atoms with Gasteiger partial charge in [-0.2, -0.15) is 4.31 Å². The fourth-order valence-corrected chi connectivity index (χ4v) is 5.37. The van der Waals surface area contributed by atoms with E-state index in [0.29, 0.717) is 29.9 Å². The molecule has 0 bridgehead atoms. The molecule has 3 rings (SSSR count). The van der Waals surface area contributed by atoms with Crippen LogP contribution in [0.4, 0.5) is 10.1 Å². The van der Waals surface area contributed by atoms with Crippen molar-refractivity contribution < 1.29 is 27.1 Å². The van der Waals surface area contributed by atoms with E-state index in [0.717, 1.165) is 0 Å². The predicted octanol–water partition coefficient (Wildman–Crippen LogP) is 3.87. The van der Waals surface area contributed by atoms with E-state index < -0.39 is 28.4 Å². The molecule has 0 radical (unpaired) electrons. The fraction of sp³-hybridized carbons (Fsp3) is 0.391. The Kier molecular flexibility index (Phi) is 7.00. The summed E-state index contributed by atoms with van der Waals surface area (Å²) >= 11 is 0. The Hall–Kier alpha value is -2.78. The third-order valence-electron chi connectivity index (χ3n) is 5.60. The van der Waals surface area contributed by atoms with Crippen molar-refractivity contribution in [3.63, 3.8) is 0 Å². The number of ketones is 1. The molecule has 1 aliphatic rings. The van der Waals surface area contributed by atoms with Crippen molar-refractivity contribution in [2.24, 2.45) is 0 Å². The molecule has 7 nitrogen and oxygen atoms in total. The van der Waals surface area contributed by atoms with Crippen LogP contribution >= 0.6 is 0 Å². The Morgan fingerprint density at radius 1 is 1.22 bits per heavy atom. The second-order valence-corrected chi connectivity index (χ2v) is 9.70. The molecule has 0 spiro atoms. The Balaban J connectivity index is 1.76. The van der Waals surface area contributed by atoms with E-state index in [1.54, 1.807) is 33.8 Å². The van der Waals surface area contributed by atoms with Crippen molar-refractivity contribution in [1.82, 2.24) is 4.31 Å². The van der Waals surface area contributed by atoms with Gasteiger partial charge in [-0.3, -0.25) is 9.59 Å². The second kappa shape index (κ2) is 9.38. The molecular formula is C23H27FN2O5S. The normalized spacial score (nSPS) is 15.7. The molecule has 172 valence electrons. The molecule has 2 aromatic rings. The number of nitrogens with one attached hydrogen (secondary N) is 1.